The van der Waals surface area contributed by atoms with Gasteiger partial charge in [0.1, 0.15) is 12.4 Å². The molecule has 0 spiro atoms. The van der Waals surface area contributed by atoms with Crippen molar-refractivity contribution in [2.45, 2.75) is 25.0 Å². The van der Waals surface area contributed by atoms with Crippen LogP contribution in [0.3, 0.4) is 0 Å². The first-order valence-corrected chi connectivity index (χ1v) is 14.1. The third kappa shape index (κ3) is 5.43. The van der Waals surface area contributed by atoms with Gasteiger partial charge in [-0.05, 0) is 99.6 Å². The topological polar surface area (TPSA) is 42.8 Å². The minimum absolute atomic E-state index is 0.264. The predicted octanol–water partition coefficient (Wildman–Crippen LogP) is 8.60. The van der Waals surface area contributed by atoms with E-state index in [-0.39, 0.29) is 11.9 Å². The van der Waals surface area contributed by atoms with E-state index >= 15 is 0 Å². The van der Waals surface area contributed by atoms with Gasteiger partial charge < -0.3 is 14.8 Å². The quantitative estimate of drug-likeness (QED) is 0.126. The summed E-state index contributed by atoms with van der Waals surface area (Å²) in [7, 11) is 1.62. The summed E-state index contributed by atoms with van der Waals surface area (Å²) in [6, 6.07) is 27.7. The summed E-state index contributed by atoms with van der Waals surface area (Å²) in [5.74, 6) is 2.01. The van der Waals surface area contributed by atoms with Gasteiger partial charge >= 0.3 is 0 Å². The third-order valence-corrected chi connectivity index (χ3v) is 8.24. The fourth-order valence-electron chi connectivity index (χ4n) is 5.48. The van der Waals surface area contributed by atoms with Crippen LogP contribution < -0.4 is 14.8 Å². The van der Waals surface area contributed by atoms with Gasteiger partial charge in [0.05, 0.1) is 22.4 Å². The zero-order chi connectivity index (χ0) is 26.8. The molecule has 4 aromatic rings. The second-order valence-corrected chi connectivity index (χ2v) is 11.0. The van der Waals surface area contributed by atoms with Crippen LogP contribution in [-0.4, -0.2) is 13.3 Å². The van der Waals surface area contributed by atoms with Crippen molar-refractivity contribution in [1.82, 2.24) is 0 Å². The second kappa shape index (κ2) is 11.2. The second-order valence-electron chi connectivity index (χ2n) is 9.86. The number of benzene rings is 4. The maximum atomic E-state index is 13.2. The molecule has 4 aromatic carbocycles. The van der Waals surface area contributed by atoms with E-state index in [4.69, 9.17) is 14.5 Å². The Kier molecular flexibility index (Phi) is 7.37. The van der Waals surface area contributed by atoms with Gasteiger partial charge in [0.25, 0.3) is 0 Å². The number of aliphatic imine (C=N–C) groups is 1. The van der Waals surface area contributed by atoms with Crippen LogP contribution in [0.2, 0.25) is 0 Å². The summed E-state index contributed by atoms with van der Waals surface area (Å²) in [6.45, 7) is 0.325. The Morgan fingerprint density at radius 3 is 2.62 bits per heavy atom. The van der Waals surface area contributed by atoms with Gasteiger partial charge in [-0.3, -0.25) is 4.99 Å². The molecule has 6 heteroatoms. The van der Waals surface area contributed by atoms with Gasteiger partial charge in [-0.1, -0.05) is 54.6 Å². The average molecular weight is 631 g/mol. The van der Waals surface area contributed by atoms with E-state index in [2.05, 4.69) is 88.6 Å². The lowest BCUT2D eigenvalue weighted by Crippen LogP contribution is -2.28. The highest BCUT2D eigenvalue weighted by molar-refractivity contribution is 14.1. The zero-order valence-electron chi connectivity index (χ0n) is 21.5. The van der Waals surface area contributed by atoms with Crippen LogP contribution in [0.5, 0.6) is 11.5 Å². The number of nitrogens with one attached hydrogen (secondary N) is 1. The van der Waals surface area contributed by atoms with Crippen LogP contribution in [0.1, 0.15) is 40.6 Å². The molecule has 6 rings (SSSR count). The van der Waals surface area contributed by atoms with Gasteiger partial charge in [-0.25, -0.2) is 4.39 Å². The Labute approximate surface area is 241 Å². The number of allylic oxidation sites excluding steroid dienone is 2. The molecule has 0 radical (unpaired) electrons. The molecule has 0 unspecified atom stereocenters. The van der Waals surface area contributed by atoms with Crippen LogP contribution in [0.25, 0.3) is 0 Å². The summed E-state index contributed by atoms with van der Waals surface area (Å²) < 4.78 is 25.7. The predicted molar refractivity (Wildman–Crippen MR) is 163 cm³/mol. The van der Waals surface area contributed by atoms with Crippen LogP contribution in [0.15, 0.2) is 102 Å². The number of anilines is 1. The number of nitrogens with zero attached hydrogens (tertiary/aromatic N) is 1. The number of hydrogen-bond acceptors (Lipinski definition) is 4. The molecule has 0 saturated carbocycles. The molecule has 1 aliphatic heterocycles. The first kappa shape index (κ1) is 25.6. The summed E-state index contributed by atoms with van der Waals surface area (Å²) >= 11 is 2.24. The Hall–Kier alpha value is -3.65. The Balaban J connectivity index is 1.16. The van der Waals surface area contributed by atoms with E-state index in [1.165, 1.54) is 28.9 Å². The molecule has 0 aromatic heterocycles. The fourth-order valence-corrected chi connectivity index (χ4v) is 6.26. The van der Waals surface area contributed by atoms with E-state index in [9.17, 15) is 4.39 Å². The van der Waals surface area contributed by atoms with Crippen molar-refractivity contribution in [3.05, 3.63) is 129 Å². The maximum absolute atomic E-state index is 13.2. The van der Waals surface area contributed by atoms with Crippen molar-refractivity contribution >= 4 is 40.2 Å². The molecule has 2 aliphatic rings. The van der Waals surface area contributed by atoms with Gasteiger partial charge in [-0.2, -0.15) is 0 Å². The highest BCUT2D eigenvalue weighted by Gasteiger charge is 2.37. The Morgan fingerprint density at radius 2 is 1.82 bits per heavy atom. The lowest BCUT2D eigenvalue weighted by atomic mass is 9.77. The van der Waals surface area contributed by atoms with Crippen LogP contribution >= 0.6 is 22.6 Å². The highest BCUT2D eigenvalue weighted by atomic mass is 127. The monoisotopic (exact) mass is 630 g/mol. The van der Waals surface area contributed by atoms with Crippen molar-refractivity contribution in [2.75, 3.05) is 12.4 Å². The van der Waals surface area contributed by atoms with Crippen LogP contribution in [-0.2, 0) is 6.61 Å². The molecule has 0 bridgehead atoms. The maximum Gasteiger partial charge on any atom is 0.174 e. The number of para-hydroxylation sites is 1. The Bertz CT molecular complexity index is 1530. The molecule has 0 amide bonds. The van der Waals surface area contributed by atoms with E-state index in [1.54, 1.807) is 19.2 Å². The average Bonchev–Trinajstić information content (AvgIpc) is 3.46. The summed E-state index contributed by atoms with van der Waals surface area (Å²) in [6.07, 6.45) is 7.61. The lowest BCUT2D eigenvalue weighted by molar-refractivity contribution is 0.282. The largest absolute Gasteiger partial charge is 0.493 e. The van der Waals surface area contributed by atoms with Gasteiger partial charge in [0, 0.05) is 17.8 Å². The van der Waals surface area contributed by atoms with Crippen molar-refractivity contribution in [2.24, 2.45) is 10.9 Å². The van der Waals surface area contributed by atoms with Gasteiger partial charge in [0.2, 0.25) is 0 Å². The molecule has 196 valence electrons. The van der Waals surface area contributed by atoms with E-state index in [1.807, 2.05) is 18.3 Å². The summed E-state index contributed by atoms with van der Waals surface area (Å²) in [4.78, 5) is 4.72. The molecule has 0 saturated heterocycles. The van der Waals surface area contributed by atoms with Crippen molar-refractivity contribution < 1.29 is 13.9 Å². The first-order valence-electron chi connectivity index (χ1n) is 13.0. The van der Waals surface area contributed by atoms with Gasteiger partial charge in [-0.15, -0.1) is 0 Å². The molecule has 1 heterocycles. The van der Waals surface area contributed by atoms with Crippen molar-refractivity contribution in [1.29, 1.82) is 0 Å². The molecule has 3 atom stereocenters. The fraction of sp³-hybridized carbons (Fsp3) is 0.182. The summed E-state index contributed by atoms with van der Waals surface area (Å²) in [5, 5.41) is 3.79. The zero-order valence-corrected chi connectivity index (χ0v) is 23.6. The molecule has 1 N–H and O–H groups in total. The molecule has 1 aliphatic carbocycles. The number of methoxy groups -OCH3 is 1. The van der Waals surface area contributed by atoms with E-state index in [0.717, 1.165) is 26.8 Å². The highest BCUT2D eigenvalue weighted by Crippen LogP contribution is 2.49. The molecular weight excluding hydrogens is 602 g/mol. The summed E-state index contributed by atoms with van der Waals surface area (Å²) in [5.41, 5.74) is 6.59. The molecule has 39 heavy (non-hydrogen) atoms. The number of halogens is 2. The van der Waals surface area contributed by atoms with E-state index in [0.29, 0.717) is 29.9 Å². The number of ether oxygens (including phenoxy) is 2. The van der Waals surface area contributed by atoms with Crippen LogP contribution in [0, 0.1) is 15.3 Å². The van der Waals surface area contributed by atoms with Crippen LogP contribution in [0.4, 0.5) is 15.8 Å². The van der Waals surface area contributed by atoms with Crippen molar-refractivity contribution in [3.8, 4) is 11.5 Å². The molecule has 0 fully saturated rings. The smallest absolute Gasteiger partial charge is 0.174 e. The van der Waals surface area contributed by atoms with Crippen molar-refractivity contribution in [3.63, 3.8) is 0 Å². The first-order chi connectivity index (χ1) is 19.1. The minimum atomic E-state index is -0.264. The van der Waals surface area contributed by atoms with Gasteiger partial charge in [0.15, 0.2) is 11.5 Å². The molecular formula is C33H28FIN2O2. The normalized spacial score (nSPS) is 19.4. The minimum Gasteiger partial charge on any atom is -0.493 e. The number of rotatable bonds is 7. The number of fused-ring (bicyclic) bond motifs is 3. The van der Waals surface area contributed by atoms with E-state index < -0.39 is 0 Å². The number of hydrogen-bond donors (Lipinski definition) is 1. The SMILES string of the molecule is COc1cc(C=Nc2ccc([C@@H]3Nc4ccccc4[C@H]4C=CC[C@@H]43)cc2)cc(I)c1OCc1ccc(F)cc1. The Morgan fingerprint density at radius 1 is 1.03 bits per heavy atom. The standard InChI is InChI=1S/C33H28FIN2O2/c1-38-31-18-22(17-29(35)33(31)39-20-21-9-13-24(34)14-10-21)19-36-25-15-11-23(12-16-25)32-28-7-4-6-26(28)27-5-2-3-8-30(27)37-32/h2-6,8-19,26,28,32,37H,7,20H2,1H3/t26-,28+,32+/m1/s1. The lowest BCUT2D eigenvalue weighted by Gasteiger charge is -2.37. The third-order valence-electron chi connectivity index (χ3n) is 7.44. The molecule has 4 nitrogen and oxygen atoms in total.